The van der Waals surface area contributed by atoms with Crippen molar-refractivity contribution >= 4 is 44.6 Å². The minimum atomic E-state index is -0.593. The summed E-state index contributed by atoms with van der Waals surface area (Å²) >= 11 is 13.4. The van der Waals surface area contributed by atoms with Crippen LogP contribution >= 0.6 is 34.5 Å². The fourth-order valence-corrected chi connectivity index (χ4v) is 14.2. The van der Waals surface area contributed by atoms with E-state index in [0.29, 0.717) is 87.5 Å². The molecule has 652 valence electrons. The van der Waals surface area contributed by atoms with Crippen LogP contribution in [0.1, 0.15) is 56.0 Å². The number of nitriles is 1. The van der Waals surface area contributed by atoms with Crippen molar-refractivity contribution in [3.05, 3.63) is 309 Å². The number of fused-ring (bicyclic) bond motifs is 1. The molecule has 0 bridgehead atoms. The zero-order chi connectivity index (χ0) is 91.3. The molecule has 0 unspecified atom stereocenters. The average molecular weight is 1800 g/mol. The highest BCUT2D eigenvalue weighted by atomic mass is 35.5. The predicted octanol–water partition coefficient (Wildman–Crippen LogP) is 22.7. The maximum atomic E-state index is 13.1. The lowest BCUT2D eigenvalue weighted by Gasteiger charge is -2.04. The van der Waals surface area contributed by atoms with Gasteiger partial charge in [0.05, 0.1) is 65.6 Å². The molecule has 29 nitrogen and oxygen atoms in total. The summed E-state index contributed by atoms with van der Waals surface area (Å²) in [4.78, 5) is 42.7. The third-order valence-corrected chi connectivity index (χ3v) is 21.3. The summed E-state index contributed by atoms with van der Waals surface area (Å²) in [5, 5.41) is 34.8. The monoisotopic (exact) mass is 1800 g/mol. The van der Waals surface area contributed by atoms with Crippen LogP contribution in [0, 0.1) is 65.7 Å². The van der Waals surface area contributed by atoms with Gasteiger partial charge in [0.1, 0.15) is 44.8 Å². The molecule has 19 rings (SSSR count). The number of aromatic nitrogens is 16. The number of methoxy groups -OCH3 is 6. The summed E-state index contributed by atoms with van der Waals surface area (Å²) in [6.07, 6.45) is 8.82. The minimum absolute atomic E-state index is 0.242. The number of hydrogen-bond acceptors (Lipinski definition) is 30. The number of halogens is 3. The second kappa shape index (κ2) is 42.3. The van der Waals surface area contributed by atoms with Gasteiger partial charge in [-0.2, -0.15) is 39.6 Å². The maximum Gasteiger partial charge on any atom is 0.268 e. The van der Waals surface area contributed by atoms with E-state index in [9.17, 15) is 4.39 Å². The molecule has 0 amide bonds. The normalized spacial score (nSPS) is 10.6. The van der Waals surface area contributed by atoms with Crippen molar-refractivity contribution in [1.29, 1.82) is 5.26 Å². The van der Waals surface area contributed by atoms with Crippen LogP contribution in [0.5, 0.6) is 34.5 Å². The smallest absolute Gasteiger partial charge is 0.268 e. The van der Waals surface area contributed by atoms with Gasteiger partial charge < -0.3 is 55.6 Å². The fraction of sp³-hybridized carbons (Fsp3) is 0.144. The molecule has 0 aliphatic heterocycles. The number of rotatable bonds is 19. The van der Waals surface area contributed by atoms with Crippen molar-refractivity contribution in [2.24, 2.45) is 0 Å². The van der Waals surface area contributed by atoms with E-state index < -0.39 is 5.95 Å². The number of benzene rings is 8. The van der Waals surface area contributed by atoms with Crippen molar-refractivity contribution < 1.29 is 60.0 Å². The molecular formula is C97H80Cl2FN17O12S. The summed E-state index contributed by atoms with van der Waals surface area (Å²) in [6.45, 7) is 13.7. The Labute approximate surface area is 758 Å². The summed E-state index contributed by atoms with van der Waals surface area (Å²) in [5.74, 6) is 9.75. The van der Waals surface area contributed by atoms with Crippen LogP contribution in [0.3, 0.4) is 0 Å². The molecule has 0 spiro atoms. The summed E-state index contributed by atoms with van der Waals surface area (Å²) in [5.41, 5.74) is 16.6. The number of thiophene rings is 1. The first-order valence-corrected chi connectivity index (χ1v) is 41.4. The zero-order valence-corrected chi connectivity index (χ0v) is 74.6. The first kappa shape index (κ1) is 90.2. The first-order valence-electron chi connectivity index (χ1n) is 39.8. The summed E-state index contributed by atoms with van der Waals surface area (Å²) < 4.78 is 78.0. The van der Waals surface area contributed by atoms with E-state index >= 15 is 0 Å². The third kappa shape index (κ3) is 22.4. The number of nitrogens with zero attached hydrogens (tertiary/aromatic N) is 17. The molecule has 33 heteroatoms. The highest BCUT2D eigenvalue weighted by Crippen LogP contribution is 2.38. The Balaban J connectivity index is 0.000000126. The standard InChI is InChI=1S/C18H15N3O2.C18H14N2O2S.C16H15N3O2.C15H11Cl2N3O2.C15H12FN3O2.C15H13N3O2/c1-11-4-5-13(9-16(11)22-3)17-20-18(23-21-17)14-6-7-15(10-19)12(2)8-14;1-11-7-8-13(9-14(11)21-2)17-19-18(22-20-17)16-10-12-5-3-4-6-15(12)23-16;1-11-3-4-13(10-14(11)20-2)16-18-15(21-19-16)9-12-5-7-17-8-6-12;1-8-3-4-9(5-11(8)21-2)14-19-15(22-20-14)10-6-12(16)18-13(17)7-10;1-9-3-4-10(7-12(9)20-2)14-18-15(21-19-14)11-5-6-17-13(16)8-11;1-10-3-4-12(9-13(10)19-2)14-17-15(20-18-14)11-5-7-16-8-6-11/h4-9H,1-3H3;3-10H,1-2H3;3-8,10H,9H2,1-2H3;3-7H,1-2H3;3-8H,1-2H3;3-9H,1-2H3. The minimum Gasteiger partial charge on any atom is -0.496 e. The van der Waals surface area contributed by atoms with Crippen molar-refractivity contribution in [2.45, 2.75) is 54.9 Å². The molecule has 11 aromatic heterocycles. The molecule has 11 heterocycles. The number of ether oxygens (including phenoxy) is 6. The molecule has 130 heavy (non-hydrogen) atoms. The van der Waals surface area contributed by atoms with Gasteiger partial charge in [-0.1, -0.05) is 145 Å². The van der Waals surface area contributed by atoms with Gasteiger partial charge in [0, 0.05) is 97.4 Å². The molecule has 0 radical (unpaired) electrons. The Morgan fingerprint density at radius 1 is 0.331 bits per heavy atom. The zero-order valence-electron chi connectivity index (χ0n) is 72.3. The van der Waals surface area contributed by atoms with E-state index in [-0.39, 0.29) is 16.2 Å². The van der Waals surface area contributed by atoms with Gasteiger partial charge in [-0.3, -0.25) is 9.97 Å². The van der Waals surface area contributed by atoms with E-state index in [0.717, 1.165) is 128 Å². The Kier molecular flexibility index (Phi) is 29.4. The van der Waals surface area contributed by atoms with Gasteiger partial charge in [0.2, 0.25) is 46.8 Å². The van der Waals surface area contributed by atoms with E-state index in [1.54, 1.807) is 109 Å². The molecular weight excluding hydrogens is 1720 g/mol. The van der Waals surface area contributed by atoms with Crippen molar-refractivity contribution in [3.63, 3.8) is 0 Å². The van der Waals surface area contributed by atoms with E-state index in [4.69, 9.17) is 84.0 Å². The van der Waals surface area contributed by atoms with Crippen LogP contribution in [-0.4, -0.2) is 123 Å². The van der Waals surface area contributed by atoms with Crippen molar-refractivity contribution in [3.8, 4) is 165 Å². The lowest BCUT2D eigenvalue weighted by atomic mass is 10.1. The van der Waals surface area contributed by atoms with Gasteiger partial charge in [-0.05, 0) is 208 Å². The van der Waals surface area contributed by atoms with E-state index in [2.05, 4.69) is 105 Å². The Morgan fingerprint density at radius 2 is 0.677 bits per heavy atom. The van der Waals surface area contributed by atoms with E-state index in [1.165, 1.54) is 22.3 Å². The third-order valence-electron chi connectivity index (χ3n) is 19.8. The van der Waals surface area contributed by atoms with Gasteiger partial charge in [-0.25, -0.2) is 9.97 Å². The average Bonchev–Trinajstić information content (AvgIpc) is 1.68. The van der Waals surface area contributed by atoms with Crippen LogP contribution in [0.15, 0.2) is 264 Å². The van der Waals surface area contributed by atoms with Crippen LogP contribution < -0.4 is 28.4 Å². The van der Waals surface area contributed by atoms with Crippen molar-refractivity contribution in [1.82, 2.24) is 80.8 Å². The summed E-state index contributed by atoms with van der Waals surface area (Å²) in [6, 6.07) is 66.1. The quantitative estimate of drug-likeness (QED) is 0.0679. The topological polar surface area (TPSA) is 364 Å². The van der Waals surface area contributed by atoms with Crippen LogP contribution in [0.4, 0.5) is 4.39 Å². The molecule has 0 aliphatic carbocycles. The Morgan fingerprint density at radius 3 is 1.07 bits per heavy atom. The predicted molar refractivity (Wildman–Crippen MR) is 489 cm³/mol. The molecule has 8 aromatic carbocycles. The molecule has 0 saturated heterocycles. The number of pyridine rings is 4. The van der Waals surface area contributed by atoms with Crippen LogP contribution in [-0.2, 0) is 6.42 Å². The molecule has 0 fully saturated rings. The molecule has 0 aliphatic rings. The second-order valence-corrected chi connectivity index (χ2v) is 30.5. The molecule has 19 aromatic rings. The SMILES string of the molecule is COc1cc(-c2noc(-c3cc(Cl)nc(Cl)c3)n2)ccc1C.COc1cc(-c2noc(-c3cc4ccccc4s3)n2)ccc1C.COc1cc(-c2noc(-c3ccc(C#N)c(C)c3)n2)ccc1C.COc1cc(-c2noc(-c3ccnc(F)c3)n2)ccc1C.COc1cc(-c2noc(-c3ccncc3)n2)ccc1C.COc1cc(-c2noc(Cc3ccncc3)n2)ccc1C. The largest absolute Gasteiger partial charge is 0.496 e. The highest BCUT2D eigenvalue weighted by Gasteiger charge is 2.21. The Bertz CT molecular complexity index is 7080. The van der Waals surface area contributed by atoms with Gasteiger partial charge in [0.25, 0.3) is 29.5 Å². The van der Waals surface area contributed by atoms with Gasteiger partial charge in [-0.15, -0.1) is 11.3 Å². The first-order chi connectivity index (χ1) is 63.1. The molecule has 0 saturated carbocycles. The molecule has 0 atom stereocenters. The number of hydrogen-bond donors (Lipinski definition) is 0. The van der Waals surface area contributed by atoms with Gasteiger partial charge in [0.15, 0.2) is 0 Å². The van der Waals surface area contributed by atoms with Gasteiger partial charge >= 0.3 is 0 Å². The van der Waals surface area contributed by atoms with E-state index in [1.807, 2.05) is 200 Å². The molecule has 0 N–H and O–H groups in total. The fourth-order valence-electron chi connectivity index (χ4n) is 12.8. The maximum absolute atomic E-state index is 13.1. The Hall–Kier alpha value is -16.0. The number of aryl methyl sites for hydroxylation is 7. The van der Waals surface area contributed by atoms with Crippen molar-refractivity contribution in [2.75, 3.05) is 42.7 Å². The lowest BCUT2D eigenvalue weighted by molar-refractivity contribution is 0.385. The highest BCUT2D eigenvalue weighted by molar-refractivity contribution is 7.22. The van der Waals surface area contributed by atoms with Crippen LogP contribution in [0.25, 0.3) is 135 Å². The second-order valence-electron chi connectivity index (χ2n) is 28.7. The van der Waals surface area contributed by atoms with Crippen LogP contribution in [0.2, 0.25) is 10.3 Å². The summed E-state index contributed by atoms with van der Waals surface area (Å²) in [7, 11) is 9.81. The lowest BCUT2D eigenvalue weighted by Crippen LogP contribution is -1.90.